The number of carbonyl (C=O) groups is 1. The summed E-state index contributed by atoms with van der Waals surface area (Å²) in [6.45, 7) is 3.72. The van der Waals surface area contributed by atoms with Crippen molar-refractivity contribution in [3.63, 3.8) is 0 Å². The highest BCUT2D eigenvalue weighted by molar-refractivity contribution is 5.76. The van der Waals surface area contributed by atoms with Crippen LogP contribution in [0.3, 0.4) is 0 Å². The van der Waals surface area contributed by atoms with Crippen LogP contribution in [0.15, 0.2) is 36.5 Å². The first-order chi connectivity index (χ1) is 28.3. The number of amides is 1. The van der Waals surface area contributed by atoms with E-state index in [9.17, 15) is 30.3 Å². The number of nitrogens with one attached hydrogen (secondary N) is 1. The van der Waals surface area contributed by atoms with E-state index in [-0.39, 0.29) is 12.5 Å². The van der Waals surface area contributed by atoms with Crippen LogP contribution in [-0.2, 0) is 14.3 Å². The molecule has 1 amide bonds. The second-order valence-corrected chi connectivity index (χ2v) is 16.9. The van der Waals surface area contributed by atoms with Crippen molar-refractivity contribution in [1.82, 2.24) is 5.32 Å². The van der Waals surface area contributed by atoms with Gasteiger partial charge in [0, 0.05) is 6.42 Å². The molecule has 1 rings (SSSR count). The van der Waals surface area contributed by atoms with Gasteiger partial charge in [0.2, 0.25) is 5.91 Å². The standard InChI is InChI=1S/C49H91NO8/c1-3-5-7-9-11-13-15-17-18-19-20-21-22-23-24-25-27-29-31-33-35-37-39-45(53)50-42(41-57-49-48(56)47(55)46(54)44(40-51)58-49)43(52)38-36-34-32-30-28-26-16-14-12-10-8-6-4-2/h12,14,28,30,36,38,42-44,46-49,51-52,54-56H,3-11,13,15-27,29,31-35,37,39-41H2,1-2H3,(H,50,53)/b14-12+,30-28+,38-36+. The molecule has 0 saturated carbocycles. The van der Waals surface area contributed by atoms with E-state index in [0.717, 1.165) is 51.4 Å². The zero-order valence-corrected chi connectivity index (χ0v) is 37.3. The van der Waals surface area contributed by atoms with Crippen LogP contribution in [0.5, 0.6) is 0 Å². The van der Waals surface area contributed by atoms with E-state index >= 15 is 0 Å². The molecule has 7 atom stereocenters. The van der Waals surface area contributed by atoms with E-state index in [1.165, 1.54) is 141 Å². The van der Waals surface area contributed by atoms with Crippen molar-refractivity contribution in [3.05, 3.63) is 36.5 Å². The summed E-state index contributed by atoms with van der Waals surface area (Å²) in [7, 11) is 0. The minimum atomic E-state index is -1.57. The smallest absolute Gasteiger partial charge is 0.220 e. The first kappa shape index (κ1) is 54.4. The molecular weight excluding hydrogens is 731 g/mol. The molecule has 0 radical (unpaired) electrons. The van der Waals surface area contributed by atoms with Gasteiger partial charge in [0.05, 0.1) is 25.4 Å². The molecule has 1 aliphatic heterocycles. The zero-order chi connectivity index (χ0) is 42.3. The lowest BCUT2D eigenvalue weighted by Gasteiger charge is -2.40. The molecule has 9 heteroatoms. The lowest BCUT2D eigenvalue weighted by Crippen LogP contribution is -2.60. The Bertz CT molecular complexity index is 1000. The summed E-state index contributed by atoms with van der Waals surface area (Å²) < 4.78 is 11.2. The monoisotopic (exact) mass is 822 g/mol. The first-order valence-electron chi connectivity index (χ1n) is 24.2. The number of rotatable bonds is 40. The maximum absolute atomic E-state index is 13.0. The molecule has 0 aromatic carbocycles. The topological polar surface area (TPSA) is 149 Å². The summed E-state index contributed by atoms with van der Waals surface area (Å²) in [4.78, 5) is 13.0. The van der Waals surface area contributed by atoms with E-state index in [1.54, 1.807) is 6.08 Å². The fraction of sp³-hybridized carbons (Fsp3) is 0.857. The number of ether oxygens (including phenoxy) is 2. The third-order valence-corrected chi connectivity index (χ3v) is 11.4. The fourth-order valence-electron chi connectivity index (χ4n) is 7.54. The second-order valence-electron chi connectivity index (χ2n) is 16.9. The van der Waals surface area contributed by atoms with Crippen LogP contribution in [0.1, 0.15) is 213 Å². The van der Waals surface area contributed by atoms with E-state index < -0.39 is 49.5 Å². The SMILES string of the molecule is CCCCC/C=C/CC/C=C/CC/C=C/C(O)C(COC1OC(CO)C(O)C(O)C1O)NC(=O)CCCCCCCCCCCCCCCCCCCCCCCC. The molecule has 1 aliphatic rings. The second kappa shape index (κ2) is 39.5. The number of hydrogen-bond donors (Lipinski definition) is 6. The molecule has 0 aromatic rings. The summed E-state index contributed by atoms with van der Waals surface area (Å²) in [5.74, 6) is -0.189. The molecular formula is C49H91NO8. The van der Waals surface area contributed by atoms with Gasteiger partial charge in [0.25, 0.3) is 0 Å². The number of carbonyl (C=O) groups excluding carboxylic acids is 1. The number of hydrogen-bond acceptors (Lipinski definition) is 8. The Morgan fingerprint density at radius 2 is 0.983 bits per heavy atom. The van der Waals surface area contributed by atoms with Gasteiger partial charge in [-0.3, -0.25) is 4.79 Å². The summed E-state index contributed by atoms with van der Waals surface area (Å²) in [6.07, 6.45) is 42.0. The average molecular weight is 822 g/mol. The van der Waals surface area contributed by atoms with Gasteiger partial charge in [-0.25, -0.2) is 0 Å². The van der Waals surface area contributed by atoms with Crippen LogP contribution in [0, 0.1) is 0 Å². The maximum Gasteiger partial charge on any atom is 0.220 e. The van der Waals surface area contributed by atoms with Crippen LogP contribution in [0.2, 0.25) is 0 Å². The van der Waals surface area contributed by atoms with Crippen molar-refractivity contribution in [2.75, 3.05) is 13.2 Å². The highest BCUT2D eigenvalue weighted by atomic mass is 16.7. The van der Waals surface area contributed by atoms with E-state index in [1.807, 2.05) is 6.08 Å². The molecule has 0 aliphatic carbocycles. The van der Waals surface area contributed by atoms with Crippen molar-refractivity contribution < 1.29 is 39.8 Å². The van der Waals surface area contributed by atoms with E-state index in [0.29, 0.717) is 6.42 Å². The van der Waals surface area contributed by atoms with Crippen LogP contribution >= 0.6 is 0 Å². The van der Waals surface area contributed by atoms with Crippen molar-refractivity contribution in [1.29, 1.82) is 0 Å². The predicted octanol–water partition coefficient (Wildman–Crippen LogP) is 10.5. The Balaban J connectivity index is 2.29. The van der Waals surface area contributed by atoms with Crippen LogP contribution < -0.4 is 5.32 Å². The van der Waals surface area contributed by atoms with Crippen LogP contribution in [-0.4, -0.2) is 87.5 Å². The van der Waals surface area contributed by atoms with Gasteiger partial charge in [0.15, 0.2) is 6.29 Å². The largest absolute Gasteiger partial charge is 0.394 e. The Hall–Kier alpha value is -1.59. The Kier molecular flexibility index (Phi) is 37.1. The molecule has 7 unspecified atom stereocenters. The van der Waals surface area contributed by atoms with E-state index in [2.05, 4.69) is 43.5 Å². The molecule has 0 bridgehead atoms. The molecule has 6 N–H and O–H groups in total. The lowest BCUT2D eigenvalue weighted by atomic mass is 9.99. The Morgan fingerprint density at radius 1 is 0.569 bits per heavy atom. The summed E-state index contributed by atoms with van der Waals surface area (Å²) in [6, 6.07) is -0.824. The Labute approximate surface area is 355 Å². The molecule has 0 aromatic heterocycles. The molecule has 1 heterocycles. The van der Waals surface area contributed by atoms with Crippen molar-refractivity contribution in [3.8, 4) is 0 Å². The van der Waals surface area contributed by atoms with Gasteiger partial charge in [-0.05, 0) is 44.9 Å². The lowest BCUT2D eigenvalue weighted by molar-refractivity contribution is -0.302. The molecule has 340 valence electrons. The summed E-state index contributed by atoms with van der Waals surface area (Å²) in [5, 5.41) is 54.1. The molecule has 58 heavy (non-hydrogen) atoms. The molecule has 9 nitrogen and oxygen atoms in total. The van der Waals surface area contributed by atoms with Gasteiger partial charge in [-0.2, -0.15) is 0 Å². The van der Waals surface area contributed by atoms with E-state index in [4.69, 9.17) is 9.47 Å². The highest BCUT2D eigenvalue weighted by Crippen LogP contribution is 2.23. The quantitative estimate of drug-likeness (QED) is 0.0264. The zero-order valence-electron chi connectivity index (χ0n) is 37.3. The van der Waals surface area contributed by atoms with Gasteiger partial charge in [-0.15, -0.1) is 0 Å². The maximum atomic E-state index is 13.0. The highest BCUT2D eigenvalue weighted by Gasteiger charge is 2.44. The van der Waals surface area contributed by atoms with Crippen LogP contribution in [0.4, 0.5) is 0 Å². The van der Waals surface area contributed by atoms with Crippen LogP contribution in [0.25, 0.3) is 0 Å². The molecule has 1 fully saturated rings. The summed E-state index contributed by atoms with van der Waals surface area (Å²) in [5.41, 5.74) is 0. The number of unbranched alkanes of at least 4 members (excludes halogenated alkanes) is 26. The normalized spacial score (nSPS) is 21.1. The van der Waals surface area contributed by atoms with Crippen molar-refractivity contribution >= 4 is 5.91 Å². The number of allylic oxidation sites excluding steroid dienone is 5. The first-order valence-corrected chi connectivity index (χ1v) is 24.2. The third-order valence-electron chi connectivity index (χ3n) is 11.4. The molecule has 1 saturated heterocycles. The minimum absolute atomic E-state index is 0.189. The number of aliphatic hydroxyl groups excluding tert-OH is 5. The van der Waals surface area contributed by atoms with Gasteiger partial charge < -0.3 is 40.3 Å². The van der Waals surface area contributed by atoms with Gasteiger partial charge in [0.1, 0.15) is 24.4 Å². The third kappa shape index (κ3) is 29.6. The average Bonchev–Trinajstić information content (AvgIpc) is 3.22. The summed E-state index contributed by atoms with van der Waals surface area (Å²) >= 11 is 0. The fourth-order valence-corrected chi connectivity index (χ4v) is 7.54. The Morgan fingerprint density at radius 3 is 1.45 bits per heavy atom. The molecule has 0 spiro atoms. The number of aliphatic hydroxyl groups is 5. The van der Waals surface area contributed by atoms with Crippen molar-refractivity contribution in [2.45, 2.75) is 256 Å². The van der Waals surface area contributed by atoms with Gasteiger partial charge >= 0.3 is 0 Å². The van der Waals surface area contributed by atoms with Gasteiger partial charge in [-0.1, -0.05) is 198 Å². The van der Waals surface area contributed by atoms with Crippen molar-refractivity contribution in [2.24, 2.45) is 0 Å². The minimum Gasteiger partial charge on any atom is -0.394 e. The predicted molar refractivity (Wildman–Crippen MR) is 240 cm³/mol.